The molecule has 5 atom stereocenters. The van der Waals surface area contributed by atoms with Gasteiger partial charge in [-0.3, -0.25) is 4.90 Å². The van der Waals surface area contributed by atoms with Gasteiger partial charge in [0.1, 0.15) is 29.9 Å². The molecule has 0 unspecified atom stereocenters. The molecule has 7 nitrogen and oxygen atoms in total. The van der Waals surface area contributed by atoms with Crippen molar-refractivity contribution in [3.05, 3.63) is 14.9 Å². The van der Waals surface area contributed by atoms with Crippen LogP contribution in [0.1, 0.15) is 22.0 Å². The first-order valence-corrected chi connectivity index (χ1v) is 12.3. The minimum atomic E-state index is -2.23. The second kappa shape index (κ2) is 7.99. The maximum absolute atomic E-state index is 14.6. The highest BCUT2D eigenvalue weighted by Crippen LogP contribution is 2.45. The number of anilines is 1. The predicted molar refractivity (Wildman–Crippen MR) is 124 cm³/mol. The average Bonchev–Trinajstić information content (AvgIpc) is 3.14. The molecule has 0 aromatic carbocycles. The van der Waals surface area contributed by atoms with Crippen molar-refractivity contribution in [2.24, 2.45) is 5.92 Å². The first kappa shape index (κ1) is 19.2. The van der Waals surface area contributed by atoms with Gasteiger partial charge >= 0.3 is 6.01 Å². The third kappa shape index (κ3) is 3.43. The molecule has 3 aliphatic heterocycles. The molecular formula is C21H23ClF2IN5O2. The van der Waals surface area contributed by atoms with Crippen LogP contribution in [0, 0.1) is 9.49 Å². The summed E-state index contributed by atoms with van der Waals surface area (Å²) in [4.78, 5) is 17.0. The van der Waals surface area contributed by atoms with Crippen LogP contribution in [-0.4, -0.2) is 83.2 Å². The van der Waals surface area contributed by atoms with Crippen molar-refractivity contribution in [1.29, 1.82) is 0 Å². The van der Waals surface area contributed by atoms with Crippen LogP contribution in [0.4, 0.5) is 14.6 Å². The van der Waals surface area contributed by atoms with Gasteiger partial charge in [-0.1, -0.05) is 11.6 Å². The van der Waals surface area contributed by atoms with Crippen molar-refractivity contribution in [2.75, 3.05) is 44.3 Å². The molecule has 0 amide bonds. The molecule has 32 heavy (non-hydrogen) atoms. The number of aromatic nitrogens is 3. The van der Waals surface area contributed by atoms with E-state index in [-0.39, 0.29) is 36.1 Å². The predicted octanol–water partition coefficient (Wildman–Crippen LogP) is 3.41. The lowest BCUT2D eigenvalue weighted by Gasteiger charge is -2.31. The molecule has 2 aromatic rings. The van der Waals surface area contributed by atoms with E-state index in [0.29, 0.717) is 53.0 Å². The van der Waals surface area contributed by atoms with Crippen LogP contribution in [0.15, 0.2) is 6.20 Å². The zero-order valence-corrected chi connectivity index (χ0v) is 20.0. The van der Waals surface area contributed by atoms with Gasteiger partial charge in [-0.05, 0) is 42.0 Å². The molecule has 0 radical (unpaired) electrons. The van der Waals surface area contributed by atoms with Gasteiger partial charge in [0.05, 0.1) is 42.0 Å². The van der Waals surface area contributed by atoms with Crippen molar-refractivity contribution in [3.8, 4) is 6.01 Å². The van der Waals surface area contributed by atoms with Crippen LogP contribution >= 0.6 is 34.2 Å². The minimum absolute atomic E-state index is 0.0600. The smallest absolute Gasteiger partial charge is 0.319 e. The summed E-state index contributed by atoms with van der Waals surface area (Å²) in [7, 11) is 0. The fraction of sp³-hybridized carbons (Fsp3) is 0.667. The quantitative estimate of drug-likeness (QED) is 0.407. The number of halogens is 4. The zero-order valence-electron chi connectivity index (χ0n) is 19.1. The lowest BCUT2D eigenvalue weighted by atomic mass is 9.95. The standard InChI is InChI=1S/C21H23ClF2IN5O2/c22-18-15(25)16-12(7-26-18)19(30-4-5-31-9-13-14(24)17(13)30)28-20(27-16)32-10-21-2-1-3-29(21)8-11(23)6-21/h7,11,13-14,17H,1-6,8-10H2/t11-,13+,14+,17+,21+/m1/s1/i10D2. The van der Waals surface area contributed by atoms with Crippen LogP contribution in [-0.2, 0) is 4.74 Å². The molecule has 0 bridgehead atoms. The molecule has 0 spiro atoms. The van der Waals surface area contributed by atoms with Crippen molar-refractivity contribution in [1.82, 2.24) is 19.9 Å². The number of hydrogen-bond donors (Lipinski definition) is 0. The molecule has 3 saturated heterocycles. The Labute approximate surface area is 205 Å². The number of ether oxygens (including phenoxy) is 2. The summed E-state index contributed by atoms with van der Waals surface area (Å²) >= 11 is 8.28. The topological polar surface area (TPSA) is 63.6 Å². The fourth-order valence-corrected chi connectivity index (χ4v) is 6.04. The number of rotatable bonds is 4. The molecule has 5 heterocycles. The van der Waals surface area contributed by atoms with Crippen LogP contribution < -0.4 is 9.64 Å². The van der Waals surface area contributed by atoms with E-state index in [1.807, 2.05) is 32.4 Å². The Hall–Kier alpha value is -1.11. The van der Waals surface area contributed by atoms with Gasteiger partial charge in [0.2, 0.25) is 0 Å². The molecular weight excluding hydrogens is 555 g/mol. The third-order valence-corrected chi connectivity index (χ3v) is 8.61. The van der Waals surface area contributed by atoms with Crippen LogP contribution in [0.2, 0.25) is 5.15 Å². The summed E-state index contributed by atoms with van der Waals surface area (Å²) in [6.45, 7) is -0.232. The average molecular weight is 580 g/mol. The summed E-state index contributed by atoms with van der Waals surface area (Å²) in [5, 5.41) is 0.821. The second-order valence-corrected chi connectivity index (χ2v) is 10.3. The van der Waals surface area contributed by atoms with Gasteiger partial charge in [0, 0.05) is 31.6 Å². The highest BCUT2D eigenvalue weighted by molar-refractivity contribution is 14.1. The van der Waals surface area contributed by atoms with E-state index in [4.69, 9.17) is 23.8 Å². The molecule has 1 saturated carbocycles. The largest absolute Gasteiger partial charge is 0.461 e. The molecule has 0 N–H and O–H groups in total. The summed E-state index contributed by atoms with van der Waals surface area (Å²) in [6, 6.07) is -0.571. The number of alkyl halides is 2. The van der Waals surface area contributed by atoms with Crippen LogP contribution in [0.5, 0.6) is 6.01 Å². The minimum Gasteiger partial charge on any atom is -0.461 e. The first-order valence-electron chi connectivity index (χ1n) is 11.8. The van der Waals surface area contributed by atoms with Gasteiger partial charge in [0.15, 0.2) is 0 Å². The van der Waals surface area contributed by atoms with E-state index in [9.17, 15) is 8.78 Å². The number of hydrogen-bond acceptors (Lipinski definition) is 7. The third-order valence-electron chi connectivity index (χ3n) is 6.99. The van der Waals surface area contributed by atoms with E-state index in [2.05, 4.69) is 15.0 Å². The van der Waals surface area contributed by atoms with Gasteiger partial charge in [-0.2, -0.15) is 9.97 Å². The maximum Gasteiger partial charge on any atom is 0.319 e. The van der Waals surface area contributed by atoms with Gasteiger partial charge < -0.3 is 14.4 Å². The Kier molecular flexibility index (Phi) is 4.80. The molecule has 2 aromatic heterocycles. The van der Waals surface area contributed by atoms with Crippen LogP contribution in [0.3, 0.4) is 0 Å². The second-order valence-electron chi connectivity index (χ2n) is 8.91. The summed E-state index contributed by atoms with van der Waals surface area (Å²) in [6.07, 6.45) is 0.726. The van der Waals surface area contributed by atoms with Crippen LogP contribution in [0.25, 0.3) is 10.9 Å². The molecule has 4 fully saturated rings. The van der Waals surface area contributed by atoms with Crippen molar-refractivity contribution >= 4 is 50.9 Å². The van der Waals surface area contributed by atoms with E-state index in [1.165, 1.54) is 0 Å². The summed E-state index contributed by atoms with van der Waals surface area (Å²) < 4.78 is 58.5. The van der Waals surface area contributed by atoms with E-state index in [0.717, 1.165) is 6.42 Å². The Morgan fingerprint density at radius 1 is 1.38 bits per heavy atom. The SMILES string of the molecule is [2H]C([2H])(Oc1nc(N2CCOC[C@H]3[C@H](F)[C@H]32)c2cnc(Cl)c(I)c2n1)[C@@]12CCCN1C[C@H](F)C2. The monoisotopic (exact) mass is 579 g/mol. The van der Waals surface area contributed by atoms with Crippen molar-refractivity contribution in [3.63, 3.8) is 0 Å². The maximum atomic E-state index is 14.6. The number of pyridine rings is 1. The van der Waals surface area contributed by atoms with Crippen molar-refractivity contribution < 1.29 is 21.0 Å². The summed E-state index contributed by atoms with van der Waals surface area (Å²) in [5.41, 5.74) is -0.625. The highest BCUT2D eigenvalue weighted by Gasteiger charge is 2.56. The Morgan fingerprint density at radius 2 is 2.25 bits per heavy atom. The Morgan fingerprint density at radius 3 is 3.12 bits per heavy atom. The van der Waals surface area contributed by atoms with Crippen molar-refractivity contribution in [2.45, 2.75) is 43.2 Å². The van der Waals surface area contributed by atoms with Gasteiger partial charge in [-0.25, -0.2) is 13.8 Å². The zero-order chi connectivity index (χ0) is 23.8. The Balaban J connectivity index is 1.44. The molecule has 172 valence electrons. The molecule has 4 aliphatic rings. The van der Waals surface area contributed by atoms with E-state index < -0.39 is 24.4 Å². The summed E-state index contributed by atoms with van der Waals surface area (Å²) in [5.74, 6) is 0.169. The van der Waals surface area contributed by atoms with E-state index in [1.54, 1.807) is 6.20 Å². The first-order chi connectivity index (χ1) is 16.2. The highest BCUT2D eigenvalue weighted by atomic mass is 127. The lowest BCUT2D eigenvalue weighted by Crippen LogP contribution is -2.43. The molecule has 1 aliphatic carbocycles. The normalized spacial score (nSPS) is 35.8. The fourth-order valence-electron chi connectivity index (χ4n) is 5.35. The number of nitrogens with zero attached hydrogens (tertiary/aromatic N) is 5. The molecule has 6 rings (SSSR count). The van der Waals surface area contributed by atoms with E-state index >= 15 is 0 Å². The van der Waals surface area contributed by atoms with Gasteiger partial charge in [0.25, 0.3) is 0 Å². The molecule has 11 heteroatoms. The van der Waals surface area contributed by atoms with Gasteiger partial charge in [-0.15, -0.1) is 0 Å². The Bertz CT molecular complexity index is 1150. The lowest BCUT2D eigenvalue weighted by molar-refractivity contribution is 0.107. The number of fused-ring (bicyclic) bond motifs is 3.